The number of hydroxylamine groups is 1. The Morgan fingerprint density at radius 1 is 1.40 bits per heavy atom. The van der Waals surface area contributed by atoms with Gasteiger partial charge in [0, 0.05) is 13.1 Å². The lowest BCUT2D eigenvalue weighted by Gasteiger charge is -2.39. The van der Waals surface area contributed by atoms with Crippen molar-refractivity contribution in [2.45, 2.75) is 32.4 Å². The van der Waals surface area contributed by atoms with Gasteiger partial charge >= 0.3 is 6.09 Å². The van der Waals surface area contributed by atoms with Crippen LogP contribution in [-0.4, -0.2) is 42.8 Å². The summed E-state index contributed by atoms with van der Waals surface area (Å²) in [5.74, 6) is 0. The SMILES string of the molecule is CONC1CN(C(=O)OC(C)(C)C)C1.Cl. The summed E-state index contributed by atoms with van der Waals surface area (Å²) in [6.07, 6.45) is -0.258. The average molecular weight is 239 g/mol. The van der Waals surface area contributed by atoms with Gasteiger partial charge in [0.1, 0.15) is 5.60 Å². The third-order valence-corrected chi connectivity index (χ3v) is 1.82. The van der Waals surface area contributed by atoms with Gasteiger partial charge in [-0.3, -0.25) is 0 Å². The first kappa shape index (κ1) is 14.5. The molecule has 90 valence electrons. The molecule has 0 atom stereocenters. The maximum absolute atomic E-state index is 11.4. The van der Waals surface area contributed by atoms with E-state index in [4.69, 9.17) is 9.57 Å². The molecule has 0 aliphatic carbocycles. The Balaban J connectivity index is 0.00000196. The van der Waals surface area contributed by atoms with Gasteiger partial charge in [-0.1, -0.05) is 0 Å². The van der Waals surface area contributed by atoms with Crippen molar-refractivity contribution in [1.29, 1.82) is 0 Å². The number of likely N-dealkylation sites (tertiary alicyclic amines) is 1. The molecule has 1 saturated heterocycles. The molecule has 1 fully saturated rings. The fraction of sp³-hybridized carbons (Fsp3) is 0.889. The molecule has 0 radical (unpaired) electrons. The fourth-order valence-corrected chi connectivity index (χ4v) is 1.20. The van der Waals surface area contributed by atoms with E-state index < -0.39 is 5.60 Å². The van der Waals surface area contributed by atoms with Crippen molar-refractivity contribution in [3.05, 3.63) is 0 Å². The first-order chi connectivity index (χ1) is 6.42. The lowest BCUT2D eigenvalue weighted by molar-refractivity contribution is -0.0270. The zero-order chi connectivity index (χ0) is 10.8. The molecule has 0 bridgehead atoms. The molecule has 0 aromatic heterocycles. The number of amides is 1. The predicted octanol–water partition coefficient (Wildman–Crippen LogP) is 1.18. The molecule has 1 aliphatic heterocycles. The van der Waals surface area contributed by atoms with Crippen LogP contribution in [0.4, 0.5) is 4.79 Å². The zero-order valence-electron chi connectivity index (χ0n) is 9.57. The van der Waals surface area contributed by atoms with Crippen LogP contribution in [0.2, 0.25) is 0 Å². The molecule has 0 unspecified atom stereocenters. The minimum Gasteiger partial charge on any atom is -0.444 e. The van der Waals surface area contributed by atoms with E-state index in [0.29, 0.717) is 13.1 Å². The highest BCUT2D eigenvalue weighted by Gasteiger charge is 2.33. The van der Waals surface area contributed by atoms with E-state index in [1.165, 1.54) is 0 Å². The molecular formula is C9H19ClN2O3. The molecule has 0 spiro atoms. The lowest BCUT2D eigenvalue weighted by Crippen LogP contribution is -2.60. The Bertz CT molecular complexity index is 212. The van der Waals surface area contributed by atoms with Crippen LogP contribution in [-0.2, 0) is 9.57 Å². The van der Waals surface area contributed by atoms with E-state index in [1.54, 1.807) is 12.0 Å². The second-order valence-electron chi connectivity index (χ2n) is 4.40. The third kappa shape index (κ3) is 4.68. The molecule has 1 N–H and O–H groups in total. The van der Waals surface area contributed by atoms with Crippen molar-refractivity contribution in [1.82, 2.24) is 10.4 Å². The van der Waals surface area contributed by atoms with Crippen molar-refractivity contribution in [2.24, 2.45) is 0 Å². The molecule has 15 heavy (non-hydrogen) atoms. The van der Waals surface area contributed by atoms with Gasteiger partial charge in [0.2, 0.25) is 0 Å². The number of rotatable bonds is 2. The average Bonchev–Trinajstić information content (AvgIpc) is 1.91. The predicted molar refractivity (Wildman–Crippen MR) is 59.0 cm³/mol. The van der Waals surface area contributed by atoms with Crippen LogP contribution in [0.3, 0.4) is 0 Å². The van der Waals surface area contributed by atoms with Gasteiger partial charge in [0.05, 0.1) is 13.2 Å². The second kappa shape index (κ2) is 5.53. The van der Waals surface area contributed by atoms with Gasteiger partial charge in [0.15, 0.2) is 0 Å². The molecule has 0 aromatic carbocycles. The van der Waals surface area contributed by atoms with Gasteiger partial charge in [-0.25, -0.2) is 4.79 Å². The number of ether oxygens (including phenoxy) is 1. The first-order valence-corrected chi connectivity index (χ1v) is 4.69. The highest BCUT2D eigenvalue weighted by molar-refractivity contribution is 5.85. The van der Waals surface area contributed by atoms with Crippen molar-refractivity contribution >= 4 is 18.5 Å². The summed E-state index contributed by atoms with van der Waals surface area (Å²) in [5.41, 5.74) is 2.36. The molecular weight excluding hydrogens is 220 g/mol. The zero-order valence-corrected chi connectivity index (χ0v) is 10.4. The monoisotopic (exact) mass is 238 g/mol. The quantitative estimate of drug-likeness (QED) is 0.734. The standard InChI is InChI=1S/C9H18N2O3.ClH/c1-9(2,3)14-8(12)11-5-7(6-11)10-13-4;/h7,10H,5-6H2,1-4H3;1H. The third-order valence-electron chi connectivity index (χ3n) is 1.82. The van der Waals surface area contributed by atoms with Crippen LogP contribution >= 0.6 is 12.4 Å². The molecule has 6 heteroatoms. The normalized spacial score (nSPS) is 16.7. The lowest BCUT2D eigenvalue weighted by atomic mass is 10.1. The van der Waals surface area contributed by atoms with Gasteiger partial charge < -0.3 is 14.5 Å². The number of nitrogens with zero attached hydrogens (tertiary/aromatic N) is 1. The summed E-state index contributed by atoms with van der Waals surface area (Å²) in [7, 11) is 1.57. The first-order valence-electron chi connectivity index (χ1n) is 4.69. The van der Waals surface area contributed by atoms with Crippen LogP contribution < -0.4 is 5.48 Å². The van der Waals surface area contributed by atoms with Crippen molar-refractivity contribution in [3.8, 4) is 0 Å². The Morgan fingerprint density at radius 3 is 2.33 bits per heavy atom. The highest BCUT2D eigenvalue weighted by Crippen LogP contribution is 2.14. The molecule has 0 aromatic rings. The molecule has 0 saturated carbocycles. The maximum atomic E-state index is 11.4. The molecule has 1 heterocycles. The maximum Gasteiger partial charge on any atom is 0.410 e. The largest absolute Gasteiger partial charge is 0.444 e. The summed E-state index contributed by atoms with van der Waals surface area (Å²) < 4.78 is 5.19. The van der Waals surface area contributed by atoms with Gasteiger partial charge in [-0.15, -0.1) is 12.4 Å². The topological polar surface area (TPSA) is 50.8 Å². The van der Waals surface area contributed by atoms with E-state index in [-0.39, 0.29) is 24.5 Å². The summed E-state index contributed by atoms with van der Waals surface area (Å²) in [6.45, 7) is 6.85. The number of carbonyl (C=O) groups excluding carboxylic acids is 1. The van der Waals surface area contributed by atoms with E-state index in [0.717, 1.165) is 0 Å². The minimum absolute atomic E-state index is 0. The van der Waals surface area contributed by atoms with E-state index >= 15 is 0 Å². The van der Waals surface area contributed by atoms with E-state index in [1.807, 2.05) is 20.8 Å². The summed E-state index contributed by atoms with van der Waals surface area (Å²) in [5, 5.41) is 0. The molecule has 1 amide bonds. The molecule has 1 rings (SSSR count). The Kier molecular flexibility index (Phi) is 5.34. The fourth-order valence-electron chi connectivity index (χ4n) is 1.20. The van der Waals surface area contributed by atoms with E-state index in [2.05, 4.69) is 5.48 Å². The van der Waals surface area contributed by atoms with Crippen LogP contribution in [0.25, 0.3) is 0 Å². The van der Waals surface area contributed by atoms with Crippen molar-refractivity contribution in [2.75, 3.05) is 20.2 Å². The number of hydrogen-bond donors (Lipinski definition) is 1. The van der Waals surface area contributed by atoms with Crippen molar-refractivity contribution in [3.63, 3.8) is 0 Å². The number of hydrogen-bond acceptors (Lipinski definition) is 4. The second-order valence-corrected chi connectivity index (χ2v) is 4.40. The van der Waals surface area contributed by atoms with Gasteiger partial charge in [-0.2, -0.15) is 5.48 Å². The Hall–Kier alpha value is -0.520. The summed E-state index contributed by atoms with van der Waals surface area (Å²) in [4.78, 5) is 17.8. The minimum atomic E-state index is -0.420. The van der Waals surface area contributed by atoms with Crippen LogP contribution in [0.1, 0.15) is 20.8 Å². The van der Waals surface area contributed by atoms with Gasteiger partial charge in [0.25, 0.3) is 0 Å². The number of carbonyl (C=O) groups is 1. The molecule has 5 nitrogen and oxygen atoms in total. The summed E-state index contributed by atoms with van der Waals surface area (Å²) in [6, 6.07) is 0.229. The van der Waals surface area contributed by atoms with E-state index in [9.17, 15) is 4.79 Å². The smallest absolute Gasteiger partial charge is 0.410 e. The molecule has 1 aliphatic rings. The van der Waals surface area contributed by atoms with Gasteiger partial charge in [-0.05, 0) is 20.8 Å². The number of nitrogens with one attached hydrogen (secondary N) is 1. The van der Waals surface area contributed by atoms with Crippen molar-refractivity contribution < 1.29 is 14.4 Å². The van der Waals surface area contributed by atoms with Crippen LogP contribution in [0, 0.1) is 0 Å². The summed E-state index contributed by atoms with van der Waals surface area (Å²) >= 11 is 0. The van der Waals surface area contributed by atoms with Crippen LogP contribution in [0.5, 0.6) is 0 Å². The Labute approximate surface area is 96.5 Å². The number of halogens is 1. The highest BCUT2D eigenvalue weighted by atomic mass is 35.5. The van der Waals surface area contributed by atoms with Crippen LogP contribution in [0.15, 0.2) is 0 Å². The Morgan fingerprint density at radius 2 is 1.93 bits per heavy atom.